The molecular formula is C14H19N5O. The number of hydrogen-bond donors (Lipinski definition) is 2. The monoisotopic (exact) mass is 273 g/mol. The molecule has 2 N–H and O–H groups in total. The Morgan fingerprint density at radius 3 is 2.95 bits per heavy atom. The van der Waals surface area contributed by atoms with E-state index in [0.717, 1.165) is 24.0 Å². The minimum atomic E-state index is -0.184. The number of hydrogen-bond acceptors (Lipinski definition) is 4. The Bertz CT molecular complexity index is 552. The van der Waals surface area contributed by atoms with Gasteiger partial charge >= 0.3 is 0 Å². The maximum atomic E-state index is 12.1. The molecule has 1 aromatic carbocycles. The quantitative estimate of drug-likeness (QED) is 0.839. The number of carbonyl (C=O) groups is 1. The largest absolute Gasteiger partial charge is 0.346 e. The van der Waals surface area contributed by atoms with Gasteiger partial charge < -0.3 is 5.32 Å². The van der Waals surface area contributed by atoms with Crippen LogP contribution in [0, 0.1) is 6.92 Å². The standard InChI is InChI=1S/C14H19N5O/c1-3-5-12(14-16-18-19-17-14)15-13(20)9-11-7-4-6-10(2)8-11/h4,6-8,12H,3,5,9H2,1-2H3,(H,15,20)(H,16,17,18,19). The van der Waals surface area contributed by atoms with Gasteiger partial charge in [-0.2, -0.15) is 5.21 Å². The highest BCUT2D eigenvalue weighted by Gasteiger charge is 2.17. The van der Waals surface area contributed by atoms with Crippen LogP contribution in [-0.4, -0.2) is 26.5 Å². The SMILES string of the molecule is CCCC(NC(=O)Cc1cccc(C)c1)c1nn[nH]n1. The van der Waals surface area contributed by atoms with E-state index in [-0.39, 0.29) is 11.9 Å². The second kappa shape index (κ2) is 6.79. The number of H-pyrrole nitrogens is 1. The average molecular weight is 273 g/mol. The van der Waals surface area contributed by atoms with Gasteiger partial charge in [-0.25, -0.2) is 0 Å². The molecule has 1 atom stereocenters. The molecular weight excluding hydrogens is 254 g/mol. The van der Waals surface area contributed by atoms with Crippen LogP contribution in [-0.2, 0) is 11.2 Å². The summed E-state index contributed by atoms with van der Waals surface area (Å²) in [6.07, 6.45) is 2.09. The van der Waals surface area contributed by atoms with Crippen LogP contribution >= 0.6 is 0 Å². The highest BCUT2D eigenvalue weighted by Crippen LogP contribution is 2.13. The minimum absolute atomic E-state index is 0.0288. The van der Waals surface area contributed by atoms with Gasteiger partial charge in [-0.05, 0) is 18.9 Å². The van der Waals surface area contributed by atoms with Crippen LogP contribution in [0.15, 0.2) is 24.3 Å². The Kier molecular flexibility index (Phi) is 4.81. The lowest BCUT2D eigenvalue weighted by Gasteiger charge is -2.14. The molecule has 0 aliphatic carbocycles. The van der Waals surface area contributed by atoms with E-state index in [4.69, 9.17) is 0 Å². The first-order chi connectivity index (χ1) is 9.69. The third kappa shape index (κ3) is 3.88. The van der Waals surface area contributed by atoms with Crippen molar-refractivity contribution in [3.05, 3.63) is 41.2 Å². The molecule has 0 bridgehead atoms. The molecule has 1 heterocycles. The number of aromatic nitrogens is 4. The predicted octanol–water partition coefficient (Wildman–Crippen LogP) is 1.71. The van der Waals surface area contributed by atoms with Crippen LogP contribution < -0.4 is 5.32 Å². The van der Waals surface area contributed by atoms with Gasteiger partial charge in [0, 0.05) is 0 Å². The van der Waals surface area contributed by atoms with Crippen LogP contribution in [0.2, 0.25) is 0 Å². The molecule has 1 unspecified atom stereocenters. The van der Waals surface area contributed by atoms with E-state index < -0.39 is 0 Å². The van der Waals surface area contributed by atoms with E-state index in [1.807, 2.05) is 31.2 Å². The van der Waals surface area contributed by atoms with Crippen LogP contribution in [0.1, 0.15) is 42.8 Å². The van der Waals surface area contributed by atoms with E-state index in [1.165, 1.54) is 0 Å². The second-order valence-electron chi connectivity index (χ2n) is 4.84. The number of nitrogens with one attached hydrogen (secondary N) is 2. The summed E-state index contributed by atoms with van der Waals surface area (Å²) in [5.74, 6) is 0.503. The molecule has 6 heteroatoms. The molecule has 20 heavy (non-hydrogen) atoms. The van der Waals surface area contributed by atoms with Crippen molar-refractivity contribution < 1.29 is 4.79 Å². The van der Waals surface area contributed by atoms with Crippen LogP contribution in [0.5, 0.6) is 0 Å². The highest BCUT2D eigenvalue weighted by molar-refractivity contribution is 5.78. The van der Waals surface area contributed by atoms with Crippen LogP contribution in [0.3, 0.4) is 0 Å². The maximum Gasteiger partial charge on any atom is 0.225 e. The molecule has 6 nitrogen and oxygen atoms in total. The van der Waals surface area contributed by atoms with Crippen molar-refractivity contribution in [2.45, 2.75) is 39.2 Å². The Labute approximate surface area is 118 Å². The summed E-state index contributed by atoms with van der Waals surface area (Å²) in [4.78, 5) is 12.1. The van der Waals surface area contributed by atoms with Gasteiger partial charge in [0.2, 0.25) is 5.91 Å². The molecule has 0 aliphatic rings. The first-order valence-electron chi connectivity index (χ1n) is 6.77. The van der Waals surface area contributed by atoms with Gasteiger partial charge in [0.25, 0.3) is 0 Å². The summed E-state index contributed by atoms with van der Waals surface area (Å²) in [6.45, 7) is 4.07. The summed E-state index contributed by atoms with van der Waals surface area (Å²) in [5, 5.41) is 16.8. The van der Waals surface area contributed by atoms with Crippen LogP contribution in [0.4, 0.5) is 0 Å². The molecule has 0 spiro atoms. The van der Waals surface area contributed by atoms with Crippen molar-refractivity contribution in [3.8, 4) is 0 Å². The van der Waals surface area contributed by atoms with Gasteiger partial charge in [-0.1, -0.05) is 48.4 Å². The predicted molar refractivity (Wildman–Crippen MR) is 74.9 cm³/mol. The van der Waals surface area contributed by atoms with Gasteiger partial charge in [0.05, 0.1) is 12.5 Å². The second-order valence-corrected chi connectivity index (χ2v) is 4.84. The molecule has 0 radical (unpaired) electrons. The zero-order valence-electron chi connectivity index (χ0n) is 11.8. The van der Waals surface area contributed by atoms with E-state index in [1.54, 1.807) is 0 Å². The van der Waals surface area contributed by atoms with Gasteiger partial charge in [-0.3, -0.25) is 4.79 Å². The van der Waals surface area contributed by atoms with Crippen molar-refractivity contribution in [3.63, 3.8) is 0 Å². The fourth-order valence-corrected chi connectivity index (χ4v) is 2.12. The molecule has 0 aliphatic heterocycles. The lowest BCUT2D eigenvalue weighted by atomic mass is 10.1. The van der Waals surface area contributed by atoms with Gasteiger partial charge in [0.15, 0.2) is 5.82 Å². The molecule has 2 rings (SSSR count). The zero-order valence-corrected chi connectivity index (χ0v) is 11.8. The summed E-state index contributed by atoms with van der Waals surface area (Å²) in [7, 11) is 0. The smallest absolute Gasteiger partial charge is 0.225 e. The Balaban J connectivity index is 1.98. The van der Waals surface area contributed by atoms with E-state index in [9.17, 15) is 4.79 Å². The zero-order chi connectivity index (χ0) is 14.4. The minimum Gasteiger partial charge on any atom is -0.346 e. The average Bonchev–Trinajstić information content (AvgIpc) is 2.92. The lowest BCUT2D eigenvalue weighted by molar-refractivity contribution is -0.121. The third-order valence-electron chi connectivity index (χ3n) is 3.03. The summed E-state index contributed by atoms with van der Waals surface area (Å²) < 4.78 is 0. The normalized spacial score (nSPS) is 12.1. The number of amides is 1. The van der Waals surface area contributed by atoms with Crippen molar-refractivity contribution in [1.29, 1.82) is 0 Å². The Morgan fingerprint density at radius 1 is 1.45 bits per heavy atom. The van der Waals surface area contributed by atoms with Crippen LogP contribution in [0.25, 0.3) is 0 Å². The molecule has 106 valence electrons. The number of rotatable bonds is 6. The van der Waals surface area contributed by atoms with Gasteiger partial charge in [-0.15, -0.1) is 10.2 Å². The topological polar surface area (TPSA) is 83.6 Å². The first kappa shape index (κ1) is 14.2. The summed E-state index contributed by atoms with van der Waals surface area (Å²) in [5.41, 5.74) is 2.16. The number of tetrazole rings is 1. The number of carbonyl (C=O) groups excluding carboxylic acids is 1. The fraction of sp³-hybridized carbons (Fsp3) is 0.429. The lowest BCUT2D eigenvalue weighted by Crippen LogP contribution is -2.30. The Morgan fingerprint density at radius 2 is 2.30 bits per heavy atom. The number of aromatic amines is 1. The van der Waals surface area contributed by atoms with Crippen molar-refractivity contribution in [1.82, 2.24) is 25.9 Å². The number of benzene rings is 1. The summed E-state index contributed by atoms with van der Waals surface area (Å²) >= 11 is 0. The Hall–Kier alpha value is -2.24. The molecule has 1 aromatic heterocycles. The molecule has 2 aromatic rings. The van der Waals surface area contributed by atoms with E-state index in [2.05, 4.69) is 32.9 Å². The number of nitrogens with zero attached hydrogens (tertiary/aromatic N) is 3. The van der Waals surface area contributed by atoms with E-state index >= 15 is 0 Å². The summed E-state index contributed by atoms with van der Waals surface area (Å²) in [6, 6.07) is 7.76. The van der Waals surface area contributed by atoms with E-state index in [0.29, 0.717) is 12.2 Å². The van der Waals surface area contributed by atoms with Crippen molar-refractivity contribution in [2.75, 3.05) is 0 Å². The molecule has 0 fully saturated rings. The van der Waals surface area contributed by atoms with Crippen molar-refractivity contribution >= 4 is 5.91 Å². The first-order valence-corrected chi connectivity index (χ1v) is 6.77. The van der Waals surface area contributed by atoms with Gasteiger partial charge in [0.1, 0.15) is 0 Å². The molecule has 0 saturated heterocycles. The highest BCUT2D eigenvalue weighted by atomic mass is 16.1. The fourth-order valence-electron chi connectivity index (χ4n) is 2.12. The molecule has 0 saturated carbocycles. The number of aryl methyl sites for hydroxylation is 1. The maximum absolute atomic E-state index is 12.1. The van der Waals surface area contributed by atoms with Crippen molar-refractivity contribution in [2.24, 2.45) is 0 Å². The molecule has 1 amide bonds. The third-order valence-corrected chi connectivity index (χ3v) is 3.03.